The average Bonchev–Trinajstić information content (AvgIpc) is 2.91. The van der Waals surface area contributed by atoms with Gasteiger partial charge in [0.15, 0.2) is 0 Å². The number of nitrogens with zero attached hydrogens (tertiary/aromatic N) is 1. The van der Waals surface area contributed by atoms with Crippen molar-refractivity contribution in [3.05, 3.63) is 77.4 Å². The molecule has 3 rings (SSSR count). The zero-order chi connectivity index (χ0) is 18.0. The predicted octanol–water partition coefficient (Wildman–Crippen LogP) is 4.49. The van der Waals surface area contributed by atoms with Crippen LogP contribution in [0.5, 0.6) is 5.75 Å². The van der Waals surface area contributed by atoms with E-state index < -0.39 is 0 Å². The van der Waals surface area contributed by atoms with Gasteiger partial charge in [-0.05, 0) is 56.3 Å². The van der Waals surface area contributed by atoms with Gasteiger partial charge in [-0.3, -0.25) is 4.79 Å². The highest BCUT2D eigenvalue weighted by molar-refractivity contribution is 6.06. The topological polar surface area (TPSA) is 43.3 Å². The largest absolute Gasteiger partial charge is 0.495 e. The van der Waals surface area contributed by atoms with E-state index in [1.807, 2.05) is 36.6 Å². The van der Waals surface area contributed by atoms with E-state index in [1.54, 1.807) is 31.4 Å². The zero-order valence-electron chi connectivity index (χ0n) is 14.3. The number of aromatic nitrogens is 1. The van der Waals surface area contributed by atoms with Crippen LogP contribution < -0.4 is 10.1 Å². The van der Waals surface area contributed by atoms with Crippen LogP contribution >= 0.6 is 0 Å². The minimum atomic E-state index is -0.291. The highest BCUT2D eigenvalue weighted by Gasteiger charge is 2.18. The highest BCUT2D eigenvalue weighted by atomic mass is 19.1. The Morgan fingerprint density at radius 2 is 1.76 bits per heavy atom. The maximum atomic E-state index is 13.2. The summed E-state index contributed by atoms with van der Waals surface area (Å²) in [5, 5.41) is 2.88. The molecule has 0 atom stereocenters. The molecule has 1 amide bonds. The summed E-state index contributed by atoms with van der Waals surface area (Å²) in [6.07, 6.45) is 0. The van der Waals surface area contributed by atoms with E-state index in [-0.39, 0.29) is 11.7 Å². The van der Waals surface area contributed by atoms with Gasteiger partial charge in [0.1, 0.15) is 11.6 Å². The second-order valence-electron chi connectivity index (χ2n) is 5.75. The van der Waals surface area contributed by atoms with E-state index in [9.17, 15) is 9.18 Å². The molecule has 1 aromatic heterocycles. The molecule has 128 valence electrons. The van der Waals surface area contributed by atoms with Crippen LogP contribution in [-0.4, -0.2) is 17.6 Å². The molecule has 0 aliphatic carbocycles. The number of amides is 1. The molecule has 0 aliphatic rings. The van der Waals surface area contributed by atoms with Crippen LogP contribution in [0.25, 0.3) is 5.69 Å². The number of rotatable bonds is 4. The molecule has 5 heteroatoms. The summed E-state index contributed by atoms with van der Waals surface area (Å²) in [4.78, 5) is 12.7. The monoisotopic (exact) mass is 338 g/mol. The van der Waals surface area contributed by atoms with E-state index >= 15 is 0 Å². The van der Waals surface area contributed by atoms with Crippen molar-refractivity contribution in [2.24, 2.45) is 0 Å². The van der Waals surface area contributed by atoms with Crippen LogP contribution in [0, 0.1) is 19.7 Å². The first-order valence-electron chi connectivity index (χ1n) is 7.90. The quantitative estimate of drug-likeness (QED) is 0.761. The number of hydrogen-bond acceptors (Lipinski definition) is 2. The fourth-order valence-corrected chi connectivity index (χ4v) is 2.92. The van der Waals surface area contributed by atoms with Crippen LogP contribution in [0.1, 0.15) is 21.7 Å². The molecule has 0 saturated carbocycles. The number of anilines is 1. The van der Waals surface area contributed by atoms with Gasteiger partial charge in [0.25, 0.3) is 5.91 Å². The first-order valence-corrected chi connectivity index (χ1v) is 7.90. The summed E-state index contributed by atoms with van der Waals surface area (Å²) < 4.78 is 20.4. The molecule has 0 saturated heterocycles. The molecule has 3 aromatic rings. The van der Waals surface area contributed by atoms with E-state index in [1.165, 1.54) is 12.1 Å². The fourth-order valence-electron chi connectivity index (χ4n) is 2.92. The first kappa shape index (κ1) is 16.8. The van der Waals surface area contributed by atoms with Gasteiger partial charge in [-0.1, -0.05) is 12.1 Å². The van der Waals surface area contributed by atoms with Crippen LogP contribution in [0.3, 0.4) is 0 Å². The van der Waals surface area contributed by atoms with Gasteiger partial charge in [0.05, 0.1) is 18.4 Å². The number of benzene rings is 2. The van der Waals surface area contributed by atoms with Gasteiger partial charge < -0.3 is 14.6 Å². The number of ether oxygens (including phenoxy) is 1. The molecule has 2 aromatic carbocycles. The smallest absolute Gasteiger partial charge is 0.257 e. The molecule has 0 aliphatic heterocycles. The predicted molar refractivity (Wildman–Crippen MR) is 96.1 cm³/mol. The Bertz CT molecular complexity index is 914. The number of halogens is 1. The normalized spacial score (nSPS) is 10.6. The molecule has 0 fully saturated rings. The number of carbonyl (C=O) groups is 1. The molecule has 1 N–H and O–H groups in total. The van der Waals surface area contributed by atoms with Crippen molar-refractivity contribution in [1.82, 2.24) is 4.57 Å². The van der Waals surface area contributed by atoms with Crippen LogP contribution in [0.2, 0.25) is 0 Å². The molecule has 4 nitrogen and oxygen atoms in total. The van der Waals surface area contributed by atoms with Crippen LogP contribution in [0.15, 0.2) is 54.6 Å². The number of nitrogens with one attached hydrogen (secondary N) is 1. The van der Waals surface area contributed by atoms with Crippen LogP contribution in [0.4, 0.5) is 10.1 Å². The SMILES string of the molecule is COc1ccccc1NC(=O)c1cc(C)n(-c2ccc(F)cc2)c1C. The molecular formula is C20H19FN2O2. The summed E-state index contributed by atoms with van der Waals surface area (Å²) in [7, 11) is 1.56. The second kappa shape index (κ2) is 6.81. The fraction of sp³-hybridized carbons (Fsp3) is 0.150. The van der Waals surface area contributed by atoms with Crippen LogP contribution in [-0.2, 0) is 0 Å². The summed E-state index contributed by atoms with van der Waals surface area (Å²) >= 11 is 0. The summed E-state index contributed by atoms with van der Waals surface area (Å²) in [5.74, 6) is 0.0921. The van der Waals surface area contributed by atoms with Gasteiger partial charge >= 0.3 is 0 Å². The Hall–Kier alpha value is -3.08. The van der Waals surface area contributed by atoms with E-state index in [0.29, 0.717) is 17.0 Å². The Kier molecular flexibility index (Phi) is 4.57. The van der Waals surface area contributed by atoms with E-state index in [0.717, 1.165) is 17.1 Å². The zero-order valence-corrected chi connectivity index (χ0v) is 14.3. The maximum absolute atomic E-state index is 13.2. The lowest BCUT2D eigenvalue weighted by Gasteiger charge is -2.11. The summed E-state index contributed by atoms with van der Waals surface area (Å²) in [6, 6.07) is 15.3. The third-order valence-corrected chi connectivity index (χ3v) is 4.12. The molecule has 0 bridgehead atoms. The van der Waals surface area contributed by atoms with E-state index in [4.69, 9.17) is 4.74 Å². The number of hydrogen-bond donors (Lipinski definition) is 1. The second-order valence-corrected chi connectivity index (χ2v) is 5.75. The van der Waals surface area contributed by atoms with Crippen molar-refractivity contribution < 1.29 is 13.9 Å². The Morgan fingerprint density at radius 3 is 2.44 bits per heavy atom. The third kappa shape index (κ3) is 3.26. The van der Waals surface area contributed by atoms with Gasteiger partial charge in [0, 0.05) is 17.1 Å². The van der Waals surface area contributed by atoms with Gasteiger partial charge in [-0.15, -0.1) is 0 Å². The van der Waals surface area contributed by atoms with Crippen molar-refractivity contribution in [3.63, 3.8) is 0 Å². The number of methoxy groups -OCH3 is 1. The molecule has 25 heavy (non-hydrogen) atoms. The van der Waals surface area contributed by atoms with E-state index in [2.05, 4.69) is 5.32 Å². The van der Waals surface area contributed by atoms with Crippen molar-refractivity contribution in [2.75, 3.05) is 12.4 Å². The molecule has 0 radical (unpaired) electrons. The molecule has 0 unspecified atom stereocenters. The summed E-state index contributed by atoms with van der Waals surface area (Å²) in [5.41, 5.74) is 3.67. The van der Waals surface area contributed by atoms with Crippen molar-refractivity contribution in [3.8, 4) is 11.4 Å². The number of aryl methyl sites for hydroxylation is 1. The lowest BCUT2D eigenvalue weighted by molar-refractivity contribution is 0.102. The minimum Gasteiger partial charge on any atom is -0.495 e. The standard InChI is InChI=1S/C20H19FN2O2/c1-13-12-17(14(2)23(13)16-10-8-15(21)9-11-16)20(24)22-18-6-4-5-7-19(18)25-3/h4-12H,1-3H3,(H,22,24). The lowest BCUT2D eigenvalue weighted by Crippen LogP contribution is -2.13. The maximum Gasteiger partial charge on any atom is 0.257 e. The molecular weight excluding hydrogens is 319 g/mol. The van der Waals surface area contributed by atoms with Gasteiger partial charge in [-0.25, -0.2) is 4.39 Å². The van der Waals surface area contributed by atoms with Gasteiger partial charge in [-0.2, -0.15) is 0 Å². The Balaban J connectivity index is 1.94. The number of para-hydroxylation sites is 2. The average molecular weight is 338 g/mol. The summed E-state index contributed by atoms with van der Waals surface area (Å²) in [6.45, 7) is 3.78. The van der Waals surface area contributed by atoms with Crippen molar-refractivity contribution in [2.45, 2.75) is 13.8 Å². The molecule has 1 heterocycles. The molecule has 0 spiro atoms. The van der Waals surface area contributed by atoms with Crippen molar-refractivity contribution in [1.29, 1.82) is 0 Å². The first-order chi connectivity index (χ1) is 12.0. The van der Waals surface area contributed by atoms with Gasteiger partial charge in [0.2, 0.25) is 0 Å². The van der Waals surface area contributed by atoms with Crippen molar-refractivity contribution >= 4 is 11.6 Å². The Labute approximate surface area is 145 Å². The highest BCUT2D eigenvalue weighted by Crippen LogP contribution is 2.26. The lowest BCUT2D eigenvalue weighted by atomic mass is 10.2. The third-order valence-electron chi connectivity index (χ3n) is 4.12. The minimum absolute atomic E-state index is 0.217. The number of carbonyl (C=O) groups excluding carboxylic acids is 1. The Morgan fingerprint density at radius 1 is 1.08 bits per heavy atom.